The first-order valence-corrected chi connectivity index (χ1v) is 8.00. The molecule has 1 atom stereocenters. The Bertz CT molecular complexity index is 671. The van der Waals surface area contributed by atoms with Gasteiger partial charge in [-0.2, -0.15) is 0 Å². The molecule has 0 unspecified atom stereocenters. The Morgan fingerprint density at radius 3 is 2.45 bits per heavy atom. The lowest BCUT2D eigenvalue weighted by molar-refractivity contribution is 0.505. The number of benzene rings is 2. The molecular formula is C18H16Cl2. The Labute approximate surface area is 129 Å². The van der Waals surface area contributed by atoms with Crippen LogP contribution in [0.3, 0.4) is 0 Å². The van der Waals surface area contributed by atoms with Crippen molar-refractivity contribution < 1.29 is 0 Å². The molecule has 2 aliphatic carbocycles. The van der Waals surface area contributed by atoms with Crippen LogP contribution in [0.25, 0.3) is 0 Å². The van der Waals surface area contributed by atoms with Gasteiger partial charge in [-0.1, -0.05) is 53.5 Å². The third kappa shape index (κ3) is 1.89. The van der Waals surface area contributed by atoms with E-state index in [0.29, 0.717) is 21.4 Å². The molecule has 0 aliphatic heterocycles. The van der Waals surface area contributed by atoms with Crippen LogP contribution in [0.1, 0.15) is 48.3 Å². The summed E-state index contributed by atoms with van der Waals surface area (Å²) < 4.78 is 0. The van der Waals surface area contributed by atoms with Crippen molar-refractivity contribution in [3.05, 3.63) is 69.2 Å². The first-order valence-electron chi connectivity index (χ1n) is 7.24. The lowest BCUT2D eigenvalue weighted by atomic mass is 9.72. The van der Waals surface area contributed by atoms with Crippen molar-refractivity contribution in [1.29, 1.82) is 0 Å². The highest BCUT2D eigenvalue weighted by molar-refractivity contribution is 6.42. The van der Waals surface area contributed by atoms with Crippen molar-refractivity contribution in [2.45, 2.75) is 37.0 Å². The summed E-state index contributed by atoms with van der Waals surface area (Å²) in [6.07, 6.45) is 5.24. The minimum atomic E-state index is 0.465. The van der Waals surface area contributed by atoms with E-state index in [1.807, 2.05) is 12.1 Å². The third-order valence-electron chi connectivity index (χ3n) is 5.02. The Balaban J connectivity index is 1.81. The fraction of sp³-hybridized carbons (Fsp3) is 0.333. The zero-order valence-electron chi connectivity index (χ0n) is 11.2. The van der Waals surface area contributed by atoms with Gasteiger partial charge in [0.15, 0.2) is 0 Å². The van der Waals surface area contributed by atoms with Crippen LogP contribution in [-0.2, 0) is 5.41 Å². The molecule has 0 saturated heterocycles. The van der Waals surface area contributed by atoms with Crippen LogP contribution in [0, 0.1) is 0 Å². The summed E-state index contributed by atoms with van der Waals surface area (Å²) in [6.45, 7) is 0. The molecule has 0 radical (unpaired) electrons. The van der Waals surface area contributed by atoms with E-state index in [0.717, 1.165) is 0 Å². The van der Waals surface area contributed by atoms with Crippen molar-refractivity contribution in [2.75, 3.05) is 0 Å². The number of halogens is 2. The van der Waals surface area contributed by atoms with Gasteiger partial charge in [-0.3, -0.25) is 0 Å². The Morgan fingerprint density at radius 2 is 1.70 bits per heavy atom. The van der Waals surface area contributed by atoms with E-state index in [1.165, 1.54) is 36.8 Å². The van der Waals surface area contributed by atoms with Gasteiger partial charge in [0, 0.05) is 5.92 Å². The third-order valence-corrected chi connectivity index (χ3v) is 5.76. The maximum absolute atomic E-state index is 6.20. The van der Waals surface area contributed by atoms with Crippen LogP contribution >= 0.6 is 23.2 Å². The molecule has 2 heteroatoms. The van der Waals surface area contributed by atoms with Crippen molar-refractivity contribution >= 4 is 23.2 Å². The van der Waals surface area contributed by atoms with Crippen molar-refractivity contribution in [3.63, 3.8) is 0 Å². The van der Waals surface area contributed by atoms with E-state index in [1.54, 1.807) is 5.56 Å². The highest BCUT2D eigenvalue weighted by atomic mass is 35.5. The van der Waals surface area contributed by atoms with Gasteiger partial charge in [0.1, 0.15) is 0 Å². The van der Waals surface area contributed by atoms with E-state index in [4.69, 9.17) is 23.2 Å². The lowest BCUT2D eigenvalue weighted by Gasteiger charge is -2.32. The van der Waals surface area contributed by atoms with Crippen LogP contribution in [0.4, 0.5) is 0 Å². The maximum Gasteiger partial charge on any atom is 0.0595 e. The highest BCUT2D eigenvalue weighted by Gasteiger charge is 2.48. The SMILES string of the molecule is Clc1ccc([C@@H]2CCC3(CC3)c3ccccc32)cc1Cl. The van der Waals surface area contributed by atoms with Crippen molar-refractivity contribution in [3.8, 4) is 0 Å². The molecule has 0 aromatic heterocycles. The molecule has 1 spiro atoms. The van der Waals surface area contributed by atoms with Crippen molar-refractivity contribution in [2.24, 2.45) is 0 Å². The first kappa shape index (κ1) is 12.7. The monoisotopic (exact) mass is 302 g/mol. The Kier molecular flexibility index (Phi) is 2.87. The highest BCUT2D eigenvalue weighted by Crippen LogP contribution is 2.58. The Morgan fingerprint density at radius 1 is 0.900 bits per heavy atom. The molecule has 4 rings (SSSR count). The lowest BCUT2D eigenvalue weighted by Crippen LogP contribution is -2.20. The van der Waals surface area contributed by atoms with Gasteiger partial charge >= 0.3 is 0 Å². The van der Waals surface area contributed by atoms with Crippen LogP contribution in [-0.4, -0.2) is 0 Å². The van der Waals surface area contributed by atoms with Gasteiger partial charge in [0.05, 0.1) is 10.0 Å². The predicted octanol–water partition coefficient (Wildman–Crippen LogP) is 5.95. The molecule has 1 saturated carbocycles. The van der Waals surface area contributed by atoms with E-state index in [-0.39, 0.29) is 0 Å². The molecule has 20 heavy (non-hydrogen) atoms. The average molecular weight is 303 g/mol. The molecule has 1 fully saturated rings. The molecule has 0 bridgehead atoms. The first-order chi connectivity index (χ1) is 9.70. The molecule has 0 heterocycles. The maximum atomic E-state index is 6.20. The smallest absolute Gasteiger partial charge is 0.0595 e. The minimum Gasteiger partial charge on any atom is -0.0827 e. The van der Waals surface area contributed by atoms with Crippen LogP contribution in [0.5, 0.6) is 0 Å². The summed E-state index contributed by atoms with van der Waals surface area (Å²) >= 11 is 12.2. The number of hydrogen-bond donors (Lipinski definition) is 0. The van der Waals surface area contributed by atoms with E-state index in [2.05, 4.69) is 30.3 Å². The van der Waals surface area contributed by atoms with Crippen LogP contribution in [0.15, 0.2) is 42.5 Å². The molecule has 2 aliphatic rings. The van der Waals surface area contributed by atoms with Gasteiger partial charge in [0.25, 0.3) is 0 Å². The molecule has 0 nitrogen and oxygen atoms in total. The van der Waals surface area contributed by atoms with Gasteiger partial charge < -0.3 is 0 Å². The van der Waals surface area contributed by atoms with Crippen LogP contribution < -0.4 is 0 Å². The molecule has 2 aromatic carbocycles. The molecule has 102 valence electrons. The predicted molar refractivity (Wildman–Crippen MR) is 84.9 cm³/mol. The van der Waals surface area contributed by atoms with Gasteiger partial charge in [-0.25, -0.2) is 0 Å². The number of fused-ring (bicyclic) bond motifs is 2. The largest absolute Gasteiger partial charge is 0.0827 e. The minimum absolute atomic E-state index is 0.465. The second-order valence-electron chi connectivity index (χ2n) is 6.13. The normalized spacial score (nSPS) is 22.6. The molecular weight excluding hydrogens is 287 g/mol. The molecule has 2 aromatic rings. The number of hydrogen-bond acceptors (Lipinski definition) is 0. The summed E-state index contributed by atoms with van der Waals surface area (Å²) in [5.74, 6) is 0.465. The van der Waals surface area contributed by atoms with Gasteiger partial charge in [0.2, 0.25) is 0 Å². The average Bonchev–Trinajstić information content (AvgIpc) is 3.24. The second kappa shape index (κ2) is 4.51. The van der Waals surface area contributed by atoms with E-state index < -0.39 is 0 Å². The fourth-order valence-electron chi connectivity index (χ4n) is 3.74. The molecule has 0 amide bonds. The summed E-state index contributed by atoms with van der Waals surface area (Å²) in [5, 5.41) is 1.30. The zero-order valence-corrected chi connectivity index (χ0v) is 12.7. The zero-order chi connectivity index (χ0) is 13.7. The Hall–Kier alpha value is -0.980. The summed E-state index contributed by atoms with van der Waals surface area (Å²) in [7, 11) is 0. The fourth-order valence-corrected chi connectivity index (χ4v) is 4.05. The van der Waals surface area contributed by atoms with E-state index >= 15 is 0 Å². The topological polar surface area (TPSA) is 0 Å². The second-order valence-corrected chi connectivity index (χ2v) is 6.95. The quantitative estimate of drug-likeness (QED) is 0.610. The summed E-state index contributed by atoms with van der Waals surface area (Å²) in [4.78, 5) is 0. The van der Waals surface area contributed by atoms with Gasteiger partial charge in [-0.15, -0.1) is 0 Å². The van der Waals surface area contributed by atoms with Crippen LogP contribution in [0.2, 0.25) is 10.0 Å². The number of rotatable bonds is 1. The van der Waals surface area contributed by atoms with E-state index in [9.17, 15) is 0 Å². The molecule has 0 N–H and O–H groups in total. The summed E-state index contributed by atoms with van der Waals surface area (Å²) in [6, 6.07) is 15.0. The standard InChI is InChI=1S/C18H16Cl2/c19-16-6-5-12(11-17(16)20)13-7-8-18(9-10-18)15-4-2-1-3-14(13)15/h1-6,11,13H,7-10H2/t13-/m0/s1. The van der Waals surface area contributed by atoms with Gasteiger partial charge in [-0.05, 0) is 59.9 Å². The summed E-state index contributed by atoms with van der Waals surface area (Å²) in [5.41, 5.74) is 4.86. The van der Waals surface area contributed by atoms with Crippen molar-refractivity contribution in [1.82, 2.24) is 0 Å².